The topological polar surface area (TPSA) is 54.7 Å². The first kappa shape index (κ1) is 15.8. The Hall–Kier alpha value is -2.08. The molecule has 1 aliphatic heterocycles. The van der Waals surface area contributed by atoms with Gasteiger partial charge in [-0.2, -0.15) is 5.10 Å². The van der Waals surface area contributed by atoms with Crippen molar-refractivity contribution in [3.05, 3.63) is 53.3 Å². The molecule has 5 nitrogen and oxygen atoms in total. The second-order valence-electron chi connectivity index (χ2n) is 5.96. The molecule has 0 radical (unpaired) electrons. The van der Waals surface area contributed by atoms with Crippen LogP contribution in [0.3, 0.4) is 0 Å². The van der Waals surface area contributed by atoms with Crippen molar-refractivity contribution < 1.29 is 8.42 Å². The second-order valence-corrected chi connectivity index (χ2v) is 8.07. The molecule has 0 N–H and O–H groups in total. The van der Waals surface area contributed by atoms with E-state index in [1.54, 1.807) is 12.1 Å². The summed E-state index contributed by atoms with van der Waals surface area (Å²) in [6.45, 7) is 6.41. The van der Waals surface area contributed by atoms with E-state index < -0.39 is 9.84 Å². The fraction of sp³-hybridized carbons (Fsp3) is 0.353. The Balaban J connectivity index is 1.69. The van der Waals surface area contributed by atoms with Crippen molar-refractivity contribution in [2.24, 2.45) is 5.10 Å². The van der Waals surface area contributed by atoms with E-state index in [0.717, 1.165) is 17.0 Å². The predicted molar refractivity (Wildman–Crippen MR) is 91.4 cm³/mol. The van der Waals surface area contributed by atoms with E-state index in [-0.39, 0.29) is 11.9 Å². The molecule has 2 aromatic rings. The maximum absolute atomic E-state index is 12.4. The Bertz CT molecular complexity index is 816. The third-order valence-corrected chi connectivity index (χ3v) is 5.92. The van der Waals surface area contributed by atoms with Gasteiger partial charge in [0.1, 0.15) is 0 Å². The minimum Gasteiger partial charge on any atom is -0.322 e. The van der Waals surface area contributed by atoms with E-state index in [0.29, 0.717) is 11.4 Å². The molecule has 122 valence electrons. The fourth-order valence-corrected chi connectivity index (χ4v) is 4.00. The summed E-state index contributed by atoms with van der Waals surface area (Å²) in [7, 11) is -3.29. The van der Waals surface area contributed by atoms with E-state index in [4.69, 9.17) is 0 Å². The molecule has 0 amide bonds. The van der Waals surface area contributed by atoms with Crippen molar-refractivity contribution in [2.45, 2.75) is 31.8 Å². The summed E-state index contributed by atoms with van der Waals surface area (Å²) in [5.41, 5.74) is 3.34. The molecule has 0 fully saturated rings. The molecule has 0 saturated carbocycles. The number of benzene rings is 1. The molecule has 3 rings (SSSR count). The number of sulfone groups is 1. The van der Waals surface area contributed by atoms with E-state index in [1.165, 1.54) is 0 Å². The van der Waals surface area contributed by atoms with Crippen molar-refractivity contribution in [3.63, 3.8) is 0 Å². The summed E-state index contributed by atoms with van der Waals surface area (Å²) in [6, 6.07) is 11.1. The van der Waals surface area contributed by atoms with E-state index in [9.17, 15) is 8.42 Å². The van der Waals surface area contributed by atoms with Crippen LogP contribution in [0.25, 0.3) is 0 Å². The normalized spacial score (nSPS) is 17.3. The predicted octanol–water partition coefficient (Wildman–Crippen LogP) is 2.69. The van der Waals surface area contributed by atoms with E-state index in [1.807, 2.05) is 44.1 Å². The van der Waals surface area contributed by atoms with Crippen molar-refractivity contribution in [1.82, 2.24) is 9.58 Å². The standard InChI is InChI=1S/C17H21N3O2S/c1-13-4-8-16(9-5-13)23(21,22)11-10-19-17(12-18-19)20-14(2)6-7-15(20)3/h4-9,12,17H,10-11H2,1-3H3. The molecule has 1 aliphatic rings. The molecule has 2 heterocycles. The number of nitrogens with zero attached hydrogens (tertiary/aromatic N) is 3. The third kappa shape index (κ3) is 3.03. The summed E-state index contributed by atoms with van der Waals surface area (Å²) in [5, 5.41) is 6.05. The van der Waals surface area contributed by atoms with Crippen LogP contribution in [-0.4, -0.2) is 36.5 Å². The Morgan fingerprint density at radius 2 is 1.61 bits per heavy atom. The van der Waals surface area contributed by atoms with E-state index in [2.05, 4.69) is 21.8 Å². The van der Waals surface area contributed by atoms with Crippen LogP contribution in [-0.2, 0) is 9.84 Å². The smallest absolute Gasteiger partial charge is 0.180 e. The third-order valence-electron chi connectivity index (χ3n) is 4.21. The van der Waals surface area contributed by atoms with Crippen molar-refractivity contribution in [1.29, 1.82) is 0 Å². The monoisotopic (exact) mass is 331 g/mol. The van der Waals surface area contributed by atoms with Crippen LogP contribution in [0, 0.1) is 20.8 Å². The zero-order chi connectivity index (χ0) is 16.6. The number of hydrogen-bond donors (Lipinski definition) is 0. The van der Waals surface area contributed by atoms with Crippen molar-refractivity contribution in [2.75, 3.05) is 12.3 Å². The first-order chi connectivity index (χ1) is 10.9. The summed E-state index contributed by atoms with van der Waals surface area (Å²) < 4.78 is 27.0. The van der Waals surface area contributed by atoms with Crippen LogP contribution >= 0.6 is 0 Å². The van der Waals surface area contributed by atoms with Crippen LogP contribution in [0.2, 0.25) is 0 Å². The Kier molecular flexibility index (Phi) is 4.02. The van der Waals surface area contributed by atoms with Gasteiger partial charge < -0.3 is 4.57 Å². The lowest BCUT2D eigenvalue weighted by atomic mass is 10.2. The average Bonchev–Trinajstić information content (AvgIpc) is 2.79. The lowest BCUT2D eigenvalue weighted by Gasteiger charge is -2.36. The van der Waals surface area contributed by atoms with Crippen molar-refractivity contribution >= 4 is 16.1 Å². The van der Waals surface area contributed by atoms with Crippen molar-refractivity contribution in [3.8, 4) is 0 Å². The highest BCUT2D eigenvalue weighted by atomic mass is 32.2. The summed E-state index contributed by atoms with van der Waals surface area (Å²) in [6.07, 6.45) is 1.86. The first-order valence-electron chi connectivity index (χ1n) is 7.63. The van der Waals surface area contributed by atoms with Gasteiger partial charge in [0.2, 0.25) is 0 Å². The quantitative estimate of drug-likeness (QED) is 0.846. The second kappa shape index (κ2) is 5.85. The fourth-order valence-electron chi connectivity index (χ4n) is 2.78. The maximum atomic E-state index is 12.4. The lowest BCUT2D eigenvalue weighted by molar-refractivity contribution is 0.174. The first-order valence-corrected chi connectivity index (χ1v) is 9.28. The molecule has 0 aliphatic carbocycles. The molecule has 6 heteroatoms. The van der Waals surface area contributed by atoms with Crippen LogP contribution in [0.5, 0.6) is 0 Å². The van der Waals surface area contributed by atoms with Gasteiger partial charge >= 0.3 is 0 Å². The molecule has 23 heavy (non-hydrogen) atoms. The highest BCUT2D eigenvalue weighted by Gasteiger charge is 2.27. The number of rotatable bonds is 5. The average molecular weight is 331 g/mol. The van der Waals surface area contributed by atoms with Gasteiger partial charge in [0.05, 0.1) is 23.4 Å². The van der Waals surface area contributed by atoms with E-state index >= 15 is 0 Å². The summed E-state index contributed by atoms with van der Waals surface area (Å²) in [4.78, 5) is 0.373. The van der Waals surface area contributed by atoms with Gasteiger partial charge in [-0.25, -0.2) is 8.42 Å². The number of hydrazone groups is 1. The number of aryl methyl sites for hydroxylation is 3. The van der Waals surface area contributed by atoms with Crippen LogP contribution < -0.4 is 0 Å². The molecule has 1 atom stereocenters. The molecule has 0 bridgehead atoms. The van der Waals surface area contributed by atoms with Crippen LogP contribution in [0.15, 0.2) is 46.4 Å². The minimum absolute atomic E-state index is 0.0122. The largest absolute Gasteiger partial charge is 0.322 e. The molecule has 0 spiro atoms. The molecule has 1 aromatic carbocycles. The molecular formula is C17H21N3O2S. The van der Waals surface area contributed by atoms with Gasteiger partial charge in [-0.05, 0) is 45.0 Å². The van der Waals surface area contributed by atoms with Gasteiger partial charge in [0, 0.05) is 11.4 Å². The Morgan fingerprint density at radius 3 is 2.13 bits per heavy atom. The molecule has 1 aromatic heterocycles. The van der Waals surface area contributed by atoms with Gasteiger partial charge in [-0.3, -0.25) is 5.01 Å². The summed E-state index contributed by atoms with van der Waals surface area (Å²) >= 11 is 0. The minimum atomic E-state index is -3.29. The Morgan fingerprint density at radius 1 is 1.00 bits per heavy atom. The summed E-state index contributed by atoms with van der Waals surface area (Å²) in [5.74, 6) is 0.0588. The lowest BCUT2D eigenvalue weighted by Crippen LogP contribution is -2.40. The molecular weight excluding hydrogens is 310 g/mol. The zero-order valence-corrected chi connectivity index (χ0v) is 14.4. The number of hydrogen-bond acceptors (Lipinski definition) is 4. The Labute approximate surface area is 137 Å². The van der Waals surface area contributed by atoms with Crippen LogP contribution in [0.4, 0.5) is 0 Å². The highest BCUT2D eigenvalue weighted by molar-refractivity contribution is 7.91. The number of aromatic nitrogens is 1. The molecule has 0 saturated heterocycles. The van der Waals surface area contributed by atoms with Crippen LogP contribution in [0.1, 0.15) is 23.1 Å². The SMILES string of the molecule is Cc1ccc(S(=O)(=O)CCN2N=CC2n2c(C)ccc2C)cc1. The highest BCUT2D eigenvalue weighted by Crippen LogP contribution is 2.24. The maximum Gasteiger partial charge on any atom is 0.180 e. The van der Waals surface area contributed by atoms with Gasteiger partial charge in [-0.1, -0.05) is 17.7 Å². The van der Waals surface area contributed by atoms with Gasteiger partial charge in [-0.15, -0.1) is 0 Å². The van der Waals surface area contributed by atoms with Gasteiger partial charge in [0.15, 0.2) is 16.0 Å². The van der Waals surface area contributed by atoms with Gasteiger partial charge in [0.25, 0.3) is 0 Å². The zero-order valence-electron chi connectivity index (χ0n) is 13.6. The molecule has 1 unspecified atom stereocenters.